The maximum atomic E-state index is 14.0. The molecule has 1 aromatic carbocycles. The molecule has 1 heterocycles. The highest BCUT2D eigenvalue weighted by Gasteiger charge is 2.32. The summed E-state index contributed by atoms with van der Waals surface area (Å²) in [4.78, 5) is 0. The third-order valence-electron chi connectivity index (χ3n) is 6.73. The van der Waals surface area contributed by atoms with Gasteiger partial charge >= 0.3 is 6.61 Å². The van der Waals surface area contributed by atoms with E-state index in [1.807, 2.05) is 0 Å². The van der Waals surface area contributed by atoms with Crippen molar-refractivity contribution in [2.75, 3.05) is 0 Å². The molecule has 2 aliphatic rings. The first-order valence-electron chi connectivity index (χ1n) is 10.4. The van der Waals surface area contributed by atoms with Crippen LogP contribution in [0.4, 0.5) is 17.6 Å². The van der Waals surface area contributed by atoms with Crippen molar-refractivity contribution in [3.8, 4) is 5.75 Å². The summed E-state index contributed by atoms with van der Waals surface area (Å²) in [5, 5.41) is 0. The Bertz CT molecular complexity index is 585. The molecule has 1 aromatic rings. The van der Waals surface area contributed by atoms with Gasteiger partial charge in [0.05, 0.1) is 0 Å². The Labute approximate surface area is 161 Å². The topological polar surface area (TPSA) is 9.23 Å². The standard InChI is InChI=1S/C21H30F4OSi/c1-2-9-27-10-7-16(8-11-27)14-3-5-15(6-4-14)17-12-18(22)20(19(23)13-17)26-21(24)25/h12-16,21,27H,2-11H2,1H3/t14-,15-,16?,27?. The van der Waals surface area contributed by atoms with Crippen LogP contribution in [-0.4, -0.2) is 15.4 Å². The number of benzene rings is 1. The summed E-state index contributed by atoms with van der Waals surface area (Å²) in [6, 6.07) is 6.81. The van der Waals surface area contributed by atoms with Crippen LogP contribution in [-0.2, 0) is 0 Å². The summed E-state index contributed by atoms with van der Waals surface area (Å²) in [6.07, 6.45) is 8.16. The molecule has 0 amide bonds. The van der Waals surface area contributed by atoms with Crippen LogP contribution in [0, 0.1) is 23.5 Å². The molecule has 2 fully saturated rings. The SMILES string of the molecule is CCC[SiH]1CCC([C@H]2CC[C@H](c3cc(F)c(OC(F)F)c(F)c3)CC2)CC1. The number of rotatable bonds is 6. The second-order valence-corrected chi connectivity index (χ2v) is 11.8. The number of hydrogen-bond acceptors (Lipinski definition) is 1. The van der Waals surface area contributed by atoms with Gasteiger partial charge in [-0.05, 0) is 61.1 Å². The average molecular weight is 403 g/mol. The molecule has 0 aromatic heterocycles. The van der Waals surface area contributed by atoms with Gasteiger partial charge in [-0.2, -0.15) is 8.78 Å². The fourth-order valence-electron chi connectivity index (χ4n) is 5.30. The minimum absolute atomic E-state index is 0.108. The quantitative estimate of drug-likeness (QED) is 0.372. The van der Waals surface area contributed by atoms with E-state index >= 15 is 0 Å². The van der Waals surface area contributed by atoms with Crippen LogP contribution in [0.1, 0.15) is 63.4 Å². The summed E-state index contributed by atoms with van der Waals surface area (Å²) in [5.74, 6) is -1.36. The first kappa shape index (κ1) is 20.7. The molecular weight excluding hydrogens is 372 g/mol. The minimum atomic E-state index is -3.23. The van der Waals surface area contributed by atoms with Crippen molar-refractivity contribution in [3.05, 3.63) is 29.3 Å². The van der Waals surface area contributed by atoms with Crippen molar-refractivity contribution < 1.29 is 22.3 Å². The third kappa shape index (κ3) is 5.27. The van der Waals surface area contributed by atoms with Gasteiger partial charge in [0.15, 0.2) is 17.4 Å². The van der Waals surface area contributed by atoms with E-state index in [1.165, 1.54) is 49.5 Å². The number of halogens is 4. The molecule has 0 N–H and O–H groups in total. The van der Waals surface area contributed by atoms with Gasteiger partial charge in [-0.1, -0.05) is 44.3 Å². The van der Waals surface area contributed by atoms with Gasteiger partial charge < -0.3 is 4.74 Å². The first-order valence-corrected chi connectivity index (χ1v) is 12.9. The van der Waals surface area contributed by atoms with E-state index < -0.39 is 32.8 Å². The maximum absolute atomic E-state index is 14.0. The van der Waals surface area contributed by atoms with Crippen LogP contribution in [0.2, 0.25) is 18.1 Å². The highest BCUT2D eigenvalue weighted by molar-refractivity contribution is 6.58. The lowest BCUT2D eigenvalue weighted by Gasteiger charge is -2.37. The van der Waals surface area contributed by atoms with Crippen LogP contribution in [0.25, 0.3) is 0 Å². The third-order valence-corrected chi connectivity index (χ3v) is 10.4. The lowest BCUT2D eigenvalue weighted by atomic mass is 9.72. The van der Waals surface area contributed by atoms with Crippen LogP contribution >= 0.6 is 0 Å². The Morgan fingerprint density at radius 2 is 1.52 bits per heavy atom. The van der Waals surface area contributed by atoms with E-state index in [-0.39, 0.29) is 5.92 Å². The predicted octanol–water partition coefficient (Wildman–Crippen LogP) is 6.89. The Balaban J connectivity index is 1.55. The summed E-state index contributed by atoms with van der Waals surface area (Å²) in [5.41, 5.74) is 0.573. The van der Waals surface area contributed by atoms with Crippen LogP contribution < -0.4 is 4.74 Å². The molecule has 152 valence electrons. The van der Waals surface area contributed by atoms with Gasteiger partial charge in [-0.15, -0.1) is 0 Å². The fraction of sp³-hybridized carbons (Fsp3) is 0.714. The number of hydrogen-bond donors (Lipinski definition) is 0. The highest BCUT2D eigenvalue weighted by Crippen LogP contribution is 2.44. The molecule has 1 aliphatic heterocycles. The van der Waals surface area contributed by atoms with Gasteiger partial charge in [0, 0.05) is 8.80 Å². The second-order valence-electron chi connectivity index (χ2n) is 8.37. The molecule has 1 saturated carbocycles. The van der Waals surface area contributed by atoms with Crippen molar-refractivity contribution in [3.63, 3.8) is 0 Å². The van der Waals surface area contributed by atoms with E-state index in [9.17, 15) is 17.6 Å². The Morgan fingerprint density at radius 3 is 2.04 bits per heavy atom. The maximum Gasteiger partial charge on any atom is 0.387 e. The Kier molecular flexibility index (Phi) is 7.23. The molecule has 1 aliphatic carbocycles. The average Bonchev–Trinajstić information content (AvgIpc) is 2.65. The largest absolute Gasteiger partial charge is 0.429 e. The van der Waals surface area contributed by atoms with Crippen molar-refractivity contribution in [1.82, 2.24) is 0 Å². The summed E-state index contributed by atoms with van der Waals surface area (Å²) >= 11 is 0. The molecule has 27 heavy (non-hydrogen) atoms. The van der Waals surface area contributed by atoms with Gasteiger partial charge in [0.2, 0.25) is 0 Å². The van der Waals surface area contributed by atoms with Gasteiger partial charge in [-0.3, -0.25) is 0 Å². The predicted molar refractivity (Wildman–Crippen MR) is 102 cm³/mol. The monoisotopic (exact) mass is 402 g/mol. The lowest BCUT2D eigenvalue weighted by molar-refractivity contribution is -0.0546. The zero-order chi connectivity index (χ0) is 19.4. The van der Waals surface area contributed by atoms with Crippen LogP contribution in [0.3, 0.4) is 0 Å². The molecule has 0 unspecified atom stereocenters. The van der Waals surface area contributed by atoms with Crippen molar-refractivity contribution in [2.24, 2.45) is 11.8 Å². The highest BCUT2D eigenvalue weighted by atomic mass is 28.3. The van der Waals surface area contributed by atoms with Crippen molar-refractivity contribution in [2.45, 2.75) is 82.5 Å². The first-order chi connectivity index (χ1) is 13.0. The molecule has 6 heteroatoms. The molecule has 0 atom stereocenters. The number of ether oxygens (including phenoxy) is 1. The second kappa shape index (κ2) is 9.44. The molecule has 0 radical (unpaired) electrons. The Morgan fingerprint density at radius 1 is 0.963 bits per heavy atom. The molecule has 1 saturated heterocycles. The summed E-state index contributed by atoms with van der Waals surface area (Å²) < 4.78 is 56.5. The van der Waals surface area contributed by atoms with E-state index in [0.29, 0.717) is 5.56 Å². The minimum Gasteiger partial charge on any atom is -0.429 e. The summed E-state index contributed by atoms with van der Waals surface area (Å²) in [7, 11) is -0.456. The zero-order valence-corrected chi connectivity index (χ0v) is 17.2. The Hall–Kier alpha value is -1.04. The van der Waals surface area contributed by atoms with E-state index in [1.54, 1.807) is 0 Å². The van der Waals surface area contributed by atoms with Crippen LogP contribution in [0.5, 0.6) is 5.75 Å². The number of alkyl halides is 2. The molecule has 0 bridgehead atoms. The molecule has 3 rings (SSSR count). The fourth-order valence-corrected chi connectivity index (χ4v) is 8.78. The van der Waals surface area contributed by atoms with Crippen LogP contribution in [0.15, 0.2) is 12.1 Å². The lowest BCUT2D eigenvalue weighted by Crippen LogP contribution is -2.28. The van der Waals surface area contributed by atoms with Crippen molar-refractivity contribution >= 4 is 8.80 Å². The molecule has 1 nitrogen and oxygen atoms in total. The van der Waals surface area contributed by atoms with E-state index in [4.69, 9.17) is 0 Å². The molecular formula is C21H30F4OSi. The normalized spacial score (nSPS) is 29.1. The van der Waals surface area contributed by atoms with Gasteiger partial charge in [-0.25, -0.2) is 8.78 Å². The van der Waals surface area contributed by atoms with E-state index in [2.05, 4.69) is 11.7 Å². The zero-order valence-electron chi connectivity index (χ0n) is 16.0. The van der Waals surface area contributed by atoms with Gasteiger partial charge in [0.25, 0.3) is 0 Å². The van der Waals surface area contributed by atoms with Gasteiger partial charge in [0.1, 0.15) is 0 Å². The summed E-state index contributed by atoms with van der Waals surface area (Å²) in [6.45, 7) is -0.941. The van der Waals surface area contributed by atoms with Crippen molar-refractivity contribution in [1.29, 1.82) is 0 Å². The smallest absolute Gasteiger partial charge is 0.387 e. The van der Waals surface area contributed by atoms with E-state index in [0.717, 1.165) is 37.5 Å². The molecule has 0 spiro atoms.